The van der Waals surface area contributed by atoms with E-state index in [2.05, 4.69) is 21.2 Å². The van der Waals surface area contributed by atoms with Crippen LogP contribution in [0.5, 0.6) is 0 Å². The highest BCUT2D eigenvalue weighted by Crippen LogP contribution is 2.23. The van der Waals surface area contributed by atoms with Crippen molar-refractivity contribution >= 4 is 21.8 Å². The molecule has 0 aromatic heterocycles. The summed E-state index contributed by atoms with van der Waals surface area (Å²) in [7, 11) is 1.90. The molecule has 0 aliphatic carbocycles. The summed E-state index contributed by atoms with van der Waals surface area (Å²) < 4.78 is 14.2. The highest BCUT2D eigenvalue weighted by Gasteiger charge is 2.28. The molecule has 5 heteroatoms. The van der Waals surface area contributed by atoms with E-state index in [4.69, 9.17) is 0 Å². The summed E-state index contributed by atoms with van der Waals surface area (Å²) in [5.41, 5.74) is 0.148. The Hall–Kier alpha value is -0.940. The molecule has 1 fully saturated rings. The van der Waals surface area contributed by atoms with E-state index in [0.29, 0.717) is 23.5 Å². The van der Waals surface area contributed by atoms with Crippen LogP contribution in [0.2, 0.25) is 0 Å². The summed E-state index contributed by atoms with van der Waals surface area (Å²) in [6.45, 7) is 2.30. The molecule has 1 unspecified atom stereocenters. The van der Waals surface area contributed by atoms with Crippen molar-refractivity contribution in [1.82, 2.24) is 10.2 Å². The third-order valence-corrected chi connectivity index (χ3v) is 3.86. The lowest BCUT2D eigenvalue weighted by Crippen LogP contribution is -2.31. The Bertz CT molecular complexity index is 453. The second-order valence-electron chi connectivity index (χ2n) is 4.56. The Labute approximate surface area is 114 Å². The molecule has 98 valence electrons. The van der Waals surface area contributed by atoms with Gasteiger partial charge in [0.1, 0.15) is 5.82 Å². The van der Waals surface area contributed by atoms with Crippen LogP contribution in [0.15, 0.2) is 22.7 Å². The topological polar surface area (TPSA) is 32.3 Å². The van der Waals surface area contributed by atoms with Gasteiger partial charge in [-0.05, 0) is 54.0 Å². The van der Waals surface area contributed by atoms with Crippen LogP contribution in [-0.4, -0.2) is 37.5 Å². The molecule has 3 nitrogen and oxygen atoms in total. The van der Waals surface area contributed by atoms with Crippen molar-refractivity contribution in [3.05, 3.63) is 34.1 Å². The Morgan fingerprint density at radius 3 is 3.11 bits per heavy atom. The summed E-state index contributed by atoms with van der Waals surface area (Å²) in [4.78, 5) is 13.9. The fourth-order valence-corrected chi connectivity index (χ4v) is 2.68. The molecule has 1 N–H and O–H groups in total. The largest absolute Gasteiger partial charge is 0.338 e. The molecule has 1 heterocycles. The van der Waals surface area contributed by atoms with Crippen molar-refractivity contribution in [3.8, 4) is 0 Å². The third kappa shape index (κ3) is 2.72. The maximum Gasteiger partial charge on any atom is 0.256 e. The Balaban J connectivity index is 2.11. The van der Waals surface area contributed by atoms with Crippen LogP contribution in [0.1, 0.15) is 16.8 Å². The van der Waals surface area contributed by atoms with Crippen molar-refractivity contribution in [2.75, 3.05) is 26.7 Å². The zero-order valence-corrected chi connectivity index (χ0v) is 11.8. The predicted octanol–water partition coefficient (Wildman–Crippen LogP) is 2.27. The average Bonchev–Trinajstić information content (AvgIpc) is 2.81. The lowest BCUT2D eigenvalue weighted by molar-refractivity contribution is 0.0782. The van der Waals surface area contributed by atoms with Crippen LogP contribution in [-0.2, 0) is 0 Å². The van der Waals surface area contributed by atoms with Crippen LogP contribution in [0, 0.1) is 11.7 Å². The summed E-state index contributed by atoms with van der Waals surface area (Å²) in [5.74, 6) is -0.221. The maximum atomic E-state index is 13.8. The van der Waals surface area contributed by atoms with Crippen molar-refractivity contribution in [2.45, 2.75) is 6.42 Å². The molecule has 0 bridgehead atoms. The number of amides is 1. The molecule has 1 atom stereocenters. The van der Waals surface area contributed by atoms with Crippen LogP contribution >= 0.6 is 15.9 Å². The van der Waals surface area contributed by atoms with Gasteiger partial charge >= 0.3 is 0 Å². The lowest BCUT2D eigenvalue weighted by atomic mass is 10.1. The number of carbonyl (C=O) groups excluding carboxylic acids is 1. The van der Waals surface area contributed by atoms with E-state index in [-0.39, 0.29) is 11.5 Å². The SMILES string of the molecule is CNCC1CCN(C(=O)c2cccc(Br)c2F)C1. The van der Waals surface area contributed by atoms with E-state index in [1.54, 1.807) is 17.0 Å². The van der Waals surface area contributed by atoms with Gasteiger partial charge in [0.05, 0.1) is 10.0 Å². The van der Waals surface area contributed by atoms with Gasteiger partial charge in [0.25, 0.3) is 5.91 Å². The van der Waals surface area contributed by atoms with E-state index >= 15 is 0 Å². The minimum Gasteiger partial charge on any atom is -0.338 e. The Morgan fingerprint density at radius 2 is 2.39 bits per heavy atom. The van der Waals surface area contributed by atoms with Crippen molar-refractivity contribution < 1.29 is 9.18 Å². The summed E-state index contributed by atoms with van der Waals surface area (Å²) in [5, 5.41) is 3.11. The van der Waals surface area contributed by atoms with E-state index in [9.17, 15) is 9.18 Å². The number of nitrogens with one attached hydrogen (secondary N) is 1. The molecule has 1 aliphatic heterocycles. The summed E-state index contributed by atoms with van der Waals surface area (Å²) in [6.07, 6.45) is 0.974. The van der Waals surface area contributed by atoms with E-state index in [0.717, 1.165) is 13.0 Å². The lowest BCUT2D eigenvalue weighted by Gasteiger charge is -2.17. The molecule has 1 aromatic carbocycles. The summed E-state index contributed by atoms with van der Waals surface area (Å²) >= 11 is 3.10. The van der Waals surface area contributed by atoms with Crippen LogP contribution < -0.4 is 5.32 Å². The maximum absolute atomic E-state index is 13.8. The predicted molar refractivity (Wildman–Crippen MR) is 72.0 cm³/mol. The molecular weight excluding hydrogens is 299 g/mol. The molecule has 0 saturated carbocycles. The first-order valence-corrected chi connectivity index (χ1v) is 6.80. The number of hydrogen-bond donors (Lipinski definition) is 1. The quantitative estimate of drug-likeness (QED) is 0.928. The molecule has 1 aromatic rings. The van der Waals surface area contributed by atoms with Crippen molar-refractivity contribution in [2.24, 2.45) is 5.92 Å². The first-order valence-electron chi connectivity index (χ1n) is 6.01. The van der Waals surface area contributed by atoms with Gasteiger partial charge in [-0.25, -0.2) is 4.39 Å². The second kappa shape index (κ2) is 5.80. The first-order chi connectivity index (χ1) is 8.63. The molecule has 18 heavy (non-hydrogen) atoms. The van der Waals surface area contributed by atoms with Gasteiger partial charge in [0.2, 0.25) is 0 Å². The van der Waals surface area contributed by atoms with Gasteiger partial charge in [0, 0.05) is 13.1 Å². The van der Waals surface area contributed by atoms with Gasteiger partial charge in [-0.3, -0.25) is 4.79 Å². The number of hydrogen-bond acceptors (Lipinski definition) is 2. The smallest absolute Gasteiger partial charge is 0.256 e. The monoisotopic (exact) mass is 314 g/mol. The Morgan fingerprint density at radius 1 is 1.61 bits per heavy atom. The molecule has 1 aliphatic rings. The van der Waals surface area contributed by atoms with Crippen LogP contribution in [0.3, 0.4) is 0 Å². The molecule has 1 amide bonds. The average molecular weight is 315 g/mol. The van der Waals surface area contributed by atoms with Gasteiger partial charge < -0.3 is 10.2 Å². The van der Waals surface area contributed by atoms with E-state index in [1.165, 1.54) is 6.07 Å². The number of rotatable bonds is 3. The minimum absolute atomic E-state index is 0.148. The number of carbonyl (C=O) groups is 1. The zero-order chi connectivity index (χ0) is 13.1. The zero-order valence-electron chi connectivity index (χ0n) is 10.2. The van der Waals surface area contributed by atoms with E-state index < -0.39 is 5.82 Å². The molecule has 2 rings (SSSR count). The van der Waals surface area contributed by atoms with Gasteiger partial charge in [-0.15, -0.1) is 0 Å². The van der Waals surface area contributed by atoms with Gasteiger partial charge in [-0.1, -0.05) is 6.07 Å². The standard InChI is InChI=1S/C13H16BrFN2O/c1-16-7-9-5-6-17(8-9)13(18)10-3-2-4-11(14)12(10)15/h2-4,9,16H,5-8H2,1H3. The highest BCUT2D eigenvalue weighted by molar-refractivity contribution is 9.10. The second-order valence-corrected chi connectivity index (χ2v) is 5.42. The number of halogens is 2. The molecule has 0 radical (unpaired) electrons. The van der Waals surface area contributed by atoms with Gasteiger partial charge in [-0.2, -0.15) is 0 Å². The third-order valence-electron chi connectivity index (χ3n) is 3.25. The number of benzene rings is 1. The molecule has 1 saturated heterocycles. The van der Waals surface area contributed by atoms with Gasteiger partial charge in [0.15, 0.2) is 0 Å². The fraction of sp³-hybridized carbons (Fsp3) is 0.462. The van der Waals surface area contributed by atoms with Crippen LogP contribution in [0.25, 0.3) is 0 Å². The summed E-state index contributed by atoms with van der Waals surface area (Å²) in [6, 6.07) is 4.81. The normalized spacial score (nSPS) is 19.3. The minimum atomic E-state index is -0.473. The number of likely N-dealkylation sites (tertiary alicyclic amines) is 1. The number of nitrogens with zero attached hydrogens (tertiary/aromatic N) is 1. The van der Waals surface area contributed by atoms with E-state index in [1.807, 2.05) is 7.05 Å². The van der Waals surface area contributed by atoms with Crippen LogP contribution in [0.4, 0.5) is 4.39 Å². The fourth-order valence-electron chi connectivity index (χ4n) is 2.31. The molecule has 0 spiro atoms. The first kappa shape index (κ1) is 13.5. The van der Waals surface area contributed by atoms with Crippen molar-refractivity contribution in [1.29, 1.82) is 0 Å². The Kier molecular flexibility index (Phi) is 4.35. The van der Waals surface area contributed by atoms with Crippen molar-refractivity contribution in [3.63, 3.8) is 0 Å². The highest BCUT2D eigenvalue weighted by atomic mass is 79.9. The molecular formula is C13H16BrFN2O.